The zero-order valence-electron chi connectivity index (χ0n) is 17.5. The van der Waals surface area contributed by atoms with Gasteiger partial charge in [-0.2, -0.15) is 0 Å². The van der Waals surface area contributed by atoms with Crippen LogP contribution in [0.5, 0.6) is 23.0 Å². The zero-order chi connectivity index (χ0) is 20.1. The molecule has 0 spiro atoms. The summed E-state index contributed by atoms with van der Waals surface area (Å²) in [5, 5.41) is 0. The van der Waals surface area contributed by atoms with Gasteiger partial charge in [0.15, 0.2) is 0 Å². The smallest absolute Gasteiger partial charge is 0.128 e. The number of anilines is 2. The van der Waals surface area contributed by atoms with E-state index in [2.05, 4.69) is 9.80 Å². The van der Waals surface area contributed by atoms with E-state index in [1.807, 2.05) is 52.5 Å². The van der Waals surface area contributed by atoms with Gasteiger partial charge >= 0.3 is 0 Å². The molecule has 0 bridgehead atoms. The van der Waals surface area contributed by atoms with Gasteiger partial charge in [0, 0.05) is 81.4 Å². The summed E-state index contributed by atoms with van der Waals surface area (Å²) in [5.74, 6) is 3.07. The first-order valence-electron chi connectivity index (χ1n) is 8.70. The second kappa shape index (κ2) is 8.75. The highest BCUT2D eigenvalue weighted by molar-refractivity contribution is 5.69. The molecule has 0 fully saturated rings. The summed E-state index contributed by atoms with van der Waals surface area (Å²) in [6, 6.07) is 7.85. The number of ether oxygens (including phenoxy) is 4. The Bertz CT molecular complexity index is 723. The van der Waals surface area contributed by atoms with Crippen molar-refractivity contribution in [3.05, 3.63) is 35.4 Å². The molecule has 0 aliphatic heterocycles. The molecule has 0 radical (unpaired) electrons. The van der Waals surface area contributed by atoms with Gasteiger partial charge in [-0.25, -0.2) is 0 Å². The van der Waals surface area contributed by atoms with Gasteiger partial charge in [0.05, 0.1) is 28.4 Å². The Morgan fingerprint density at radius 3 is 1.22 bits per heavy atom. The van der Waals surface area contributed by atoms with E-state index in [1.165, 1.54) is 0 Å². The largest absolute Gasteiger partial charge is 0.497 e. The Morgan fingerprint density at radius 2 is 0.963 bits per heavy atom. The highest BCUT2D eigenvalue weighted by Gasteiger charge is 2.20. The van der Waals surface area contributed by atoms with Crippen LogP contribution in [0.25, 0.3) is 0 Å². The average molecular weight is 374 g/mol. The van der Waals surface area contributed by atoms with Gasteiger partial charge in [-0.05, 0) is 0 Å². The molecule has 6 nitrogen and oxygen atoms in total. The van der Waals surface area contributed by atoms with Gasteiger partial charge in [-0.3, -0.25) is 0 Å². The van der Waals surface area contributed by atoms with Crippen molar-refractivity contribution in [3.63, 3.8) is 0 Å². The molecule has 0 aliphatic carbocycles. The first-order chi connectivity index (χ1) is 12.9. The lowest BCUT2D eigenvalue weighted by Gasteiger charge is -2.25. The molecule has 0 aromatic heterocycles. The van der Waals surface area contributed by atoms with Crippen LogP contribution in [0.15, 0.2) is 24.3 Å². The molecule has 0 saturated carbocycles. The Hall–Kier alpha value is -2.76. The van der Waals surface area contributed by atoms with Gasteiger partial charge in [-0.15, -0.1) is 0 Å². The maximum atomic E-state index is 5.68. The molecule has 0 atom stereocenters. The normalized spacial score (nSPS) is 10.4. The predicted molar refractivity (Wildman–Crippen MR) is 111 cm³/mol. The minimum absolute atomic E-state index is 0.640. The third kappa shape index (κ3) is 4.32. The summed E-state index contributed by atoms with van der Waals surface area (Å²) in [4.78, 5) is 4.12. The van der Waals surface area contributed by atoms with Crippen LogP contribution in [0.3, 0.4) is 0 Å². The summed E-state index contributed by atoms with van der Waals surface area (Å²) < 4.78 is 22.2. The maximum Gasteiger partial charge on any atom is 0.128 e. The molecule has 148 valence electrons. The molecule has 0 unspecified atom stereocenters. The van der Waals surface area contributed by atoms with Gasteiger partial charge < -0.3 is 28.7 Å². The molecule has 0 amide bonds. The van der Waals surface area contributed by atoms with E-state index < -0.39 is 0 Å². The Kier molecular flexibility index (Phi) is 6.66. The van der Waals surface area contributed by atoms with Crippen molar-refractivity contribution in [2.75, 3.05) is 66.4 Å². The summed E-state index contributed by atoms with van der Waals surface area (Å²) in [5.41, 5.74) is 4.20. The lowest BCUT2D eigenvalue weighted by atomic mass is 9.98. The van der Waals surface area contributed by atoms with Crippen molar-refractivity contribution in [2.45, 2.75) is 6.42 Å². The third-order valence-corrected chi connectivity index (χ3v) is 4.55. The zero-order valence-corrected chi connectivity index (χ0v) is 17.5. The molecule has 0 N–H and O–H groups in total. The average Bonchev–Trinajstić information content (AvgIpc) is 2.67. The molecule has 27 heavy (non-hydrogen) atoms. The highest BCUT2D eigenvalue weighted by atomic mass is 16.5. The van der Waals surface area contributed by atoms with Gasteiger partial charge in [0.1, 0.15) is 23.0 Å². The predicted octanol–water partition coefficient (Wildman–Crippen LogP) is 3.44. The Morgan fingerprint density at radius 1 is 0.593 bits per heavy atom. The van der Waals surface area contributed by atoms with Crippen LogP contribution in [-0.4, -0.2) is 56.6 Å². The summed E-state index contributed by atoms with van der Waals surface area (Å²) in [6.07, 6.45) is 0.640. The van der Waals surface area contributed by atoms with E-state index in [-0.39, 0.29) is 0 Å². The van der Waals surface area contributed by atoms with E-state index in [1.54, 1.807) is 28.4 Å². The van der Waals surface area contributed by atoms with Gasteiger partial charge in [0.2, 0.25) is 0 Å². The lowest BCUT2D eigenvalue weighted by Crippen LogP contribution is -2.15. The molecule has 2 aromatic carbocycles. The number of benzene rings is 2. The fraction of sp³-hybridized carbons (Fsp3) is 0.429. The fourth-order valence-corrected chi connectivity index (χ4v) is 3.14. The van der Waals surface area contributed by atoms with E-state index in [0.29, 0.717) is 6.42 Å². The molecular weight excluding hydrogens is 344 g/mol. The Balaban J connectivity index is 2.69. The van der Waals surface area contributed by atoms with Crippen LogP contribution < -0.4 is 28.7 Å². The van der Waals surface area contributed by atoms with Crippen LogP contribution in [0.2, 0.25) is 0 Å². The van der Waals surface area contributed by atoms with Crippen LogP contribution in [-0.2, 0) is 6.42 Å². The first kappa shape index (κ1) is 20.6. The van der Waals surface area contributed by atoms with Crippen molar-refractivity contribution in [3.8, 4) is 23.0 Å². The number of nitrogens with zero attached hydrogens (tertiary/aromatic N) is 2. The lowest BCUT2D eigenvalue weighted by molar-refractivity contribution is 0.388. The van der Waals surface area contributed by atoms with Gasteiger partial charge in [0.25, 0.3) is 0 Å². The third-order valence-electron chi connectivity index (χ3n) is 4.55. The molecule has 6 heteroatoms. The van der Waals surface area contributed by atoms with Crippen molar-refractivity contribution < 1.29 is 18.9 Å². The van der Waals surface area contributed by atoms with Crippen LogP contribution in [0, 0.1) is 0 Å². The number of methoxy groups -OCH3 is 4. The highest BCUT2D eigenvalue weighted by Crippen LogP contribution is 2.41. The Labute approximate surface area is 162 Å². The van der Waals surface area contributed by atoms with Crippen LogP contribution in [0.4, 0.5) is 11.4 Å². The monoisotopic (exact) mass is 374 g/mol. The summed E-state index contributed by atoms with van der Waals surface area (Å²) in [6.45, 7) is 0. The van der Waals surface area contributed by atoms with Gasteiger partial charge in [-0.1, -0.05) is 0 Å². The van der Waals surface area contributed by atoms with Crippen LogP contribution >= 0.6 is 0 Å². The van der Waals surface area contributed by atoms with E-state index in [9.17, 15) is 0 Å². The molecule has 2 aromatic rings. The topological polar surface area (TPSA) is 43.4 Å². The summed E-state index contributed by atoms with van der Waals surface area (Å²) in [7, 11) is 14.7. The molecule has 0 saturated heterocycles. The second-order valence-corrected chi connectivity index (χ2v) is 6.62. The fourth-order valence-electron chi connectivity index (χ4n) is 3.14. The molecule has 0 aliphatic rings. The minimum Gasteiger partial charge on any atom is -0.497 e. The van der Waals surface area contributed by atoms with E-state index >= 15 is 0 Å². The number of hydrogen-bond acceptors (Lipinski definition) is 6. The molecular formula is C21H30N2O4. The maximum absolute atomic E-state index is 5.68. The number of rotatable bonds is 8. The minimum atomic E-state index is 0.640. The standard InChI is InChI=1S/C21H30N2O4/c1-22(2)18-9-14(24-5)11-20(26-7)16(18)13-17-19(23(3)4)10-15(25-6)12-21(17)27-8/h9-12H,13H2,1-8H3. The van der Waals surface area contributed by atoms with E-state index in [4.69, 9.17) is 18.9 Å². The second-order valence-electron chi connectivity index (χ2n) is 6.62. The van der Waals surface area contributed by atoms with Crippen LogP contribution in [0.1, 0.15) is 11.1 Å². The van der Waals surface area contributed by atoms with Crippen molar-refractivity contribution in [1.29, 1.82) is 0 Å². The van der Waals surface area contributed by atoms with Crippen molar-refractivity contribution in [1.82, 2.24) is 0 Å². The quantitative estimate of drug-likeness (QED) is 0.705. The molecule has 2 rings (SSSR count). The van der Waals surface area contributed by atoms with Crippen molar-refractivity contribution >= 4 is 11.4 Å². The SMILES string of the molecule is COc1cc(OC)c(Cc2c(OC)cc(OC)cc2N(C)C)c(N(C)C)c1. The summed E-state index contributed by atoms with van der Waals surface area (Å²) >= 11 is 0. The molecule has 0 heterocycles. The number of hydrogen-bond donors (Lipinski definition) is 0. The van der Waals surface area contributed by atoms with E-state index in [0.717, 1.165) is 45.5 Å². The first-order valence-corrected chi connectivity index (χ1v) is 8.70. The van der Waals surface area contributed by atoms with Crippen molar-refractivity contribution in [2.24, 2.45) is 0 Å².